The summed E-state index contributed by atoms with van der Waals surface area (Å²) >= 11 is 0. The maximum atomic E-state index is 6.09. The van der Waals surface area contributed by atoms with Crippen molar-refractivity contribution in [1.29, 1.82) is 0 Å². The Morgan fingerprint density at radius 3 is 2.50 bits per heavy atom. The zero-order valence-electron chi connectivity index (χ0n) is 12.3. The third kappa shape index (κ3) is 4.02. The van der Waals surface area contributed by atoms with Gasteiger partial charge in [0.05, 0.1) is 0 Å². The fourth-order valence-electron chi connectivity index (χ4n) is 2.30. The molecule has 0 aliphatic rings. The van der Waals surface area contributed by atoms with E-state index in [1.165, 1.54) is 24.1 Å². The Labute approximate surface area is 112 Å². The van der Waals surface area contributed by atoms with Crippen molar-refractivity contribution in [3.05, 3.63) is 29.8 Å². The third-order valence-electron chi connectivity index (χ3n) is 3.75. The maximum Gasteiger partial charge on any atom is 0.0399 e. The van der Waals surface area contributed by atoms with E-state index in [1.54, 1.807) is 0 Å². The first kappa shape index (κ1) is 15.0. The number of benzene rings is 1. The lowest BCUT2D eigenvalue weighted by molar-refractivity contribution is 0.607. The molecule has 1 aromatic rings. The summed E-state index contributed by atoms with van der Waals surface area (Å²) in [4.78, 5) is 2.39. The average Bonchev–Trinajstić information content (AvgIpc) is 2.38. The van der Waals surface area contributed by atoms with Gasteiger partial charge in [-0.15, -0.1) is 0 Å². The molecule has 0 aliphatic carbocycles. The fourth-order valence-corrected chi connectivity index (χ4v) is 2.30. The molecule has 0 amide bonds. The van der Waals surface area contributed by atoms with Crippen molar-refractivity contribution in [1.82, 2.24) is 0 Å². The Bertz CT molecular complexity index is 349. The Hall–Kier alpha value is -1.02. The van der Waals surface area contributed by atoms with Crippen LogP contribution in [0.5, 0.6) is 0 Å². The van der Waals surface area contributed by atoms with Crippen LogP contribution in [0.15, 0.2) is 24.3 Å². The number of hydrogen-bond donors (Lipinski definition) is 1. The molecule has 102 valence electrons. The van der Waals surface area contributed by atoms with Crippen LogP contribution in [-0.2, 0) is 6.42 Å². The van der Waals surface area contributed by atoms with Crippen LogP contribution in [-0.4, -0.2) is 19.1 Å². The van der Waals surface area contributed by atoms with Crippen LogP contribution in [0.1, 0.15) is 45.6 Å². The first-order valence-electron chi connectivity index (χ1n) is 7.16. The molecule has 0 saturated carbocycles. The van der Waals surface area contributed by atoms with Crippen LogP contribution in [0.4, 0.5) is 5.69 Å². The van der Waals surface area contributed by atoms with Gasteiger partial charge in [-0.05, 0) is 37.8 Å². The summed E-state index contributed by atoms with van der Waals surface area (Å²) in [6.45, 7) is 6.68. The molecule has 2 N–H and O–H groups in total. The Balaban J connectivity index is 2.86. The molecule has 0 saturated heterocycles. The molecule has 1 aromatic carbocycles. The van der Waals surface area contributed by atoms with E-state index in [0.29, 0.717) is 6.04 Å². The molecule has 0 spiro atoms. The van der Waals surface area contributed by atoms with E-state index < -0.39 is 0 Å². The molecule has 0 aliphatic heterocycles. The Morgan fingerprint density at radius 1 is 1.22 bits per heavy atom. The van der Waals surface area contributed by atoms with Crippen molar-refractivity contribution < 1.29 is 0 Å². The SMILES string of the molecule is CCCC(C)N(C)c1ccccc1CC(N)CC. The summed E-state index contributed by atoms with van der Waals surface area (Å²) in [5.74, 6) is 0. The van der Waals surface area contributed by atoms with Gasteiger partial charge in [-0.2, -0.15) is 0 Å². The number of para-hydroxylation sites is 1. The molecule has 2 nitrogen and oxygen atoms in total. The van der Waals surface area contributed by atoms with E-state index in [4.69, 9.17) is 5.73 Å². The lowest BCUT2D eigenvalue weighted by atomic mass is 10.0. The molecule has 18 heavy (non-hydrogen) atoms. The second-order valence-corrected chi connectivity index (χ2v) is 5.25. The van der Waals surface area contributed by atoms with E-state index in [2.05, 4.69) is 57.0 Å². The molecular formula is C16H28N2. The van der Waals surface area contributed by atoms with E-state index in [1.807, 2.05) is 0 Å². The zero-order valence-corrected chi connectivity index (χ0v) is 12.3. The fraction of sp³-hybridized carbons (Fsp3) is 0.625. The highest BCUT2D eigenvalue weighted by atomic mass is 15.1. The van der Waals surface area contributed by atoms with Crippen LogP contribution in [0, 0.1) is 0 Å². The van der Waals surface area contributed by atoms with E-state index in [9.17, 15) is 0 Å². The summed E-state index contributed by atoms with van der Waals surface area (Å²) in [5.41, 5.74) is 8.80. The molecule has 0 fully saturated rings. The first-order valence-corrected chi connectivity index (χ1v) is 7.16. The molecule has 2 unspecified atom stereocenters. The summed E-state index contributed by atoms with van der Waals surface area (Å²) in [6, 6.07) is 9.49. The lowest BCUT2D eigenvalue weighted by Gasteiger charge is -2.29. The molecule has 0 bridgehead atoms. The van der Waals surface area contributed by atoms with Gasteiger partial charge in [0.25, 0.3) is 0 Å². The first-order chi connectivity index (χ1) is 8.60. The van der Waals surface area contributed by atoms with Crippen LogP contribution in [0.3, 0.4) is 0 Å². The maximum absolute atomic E-state index is 6.09. The largest absolute Gasteiger partial charge is 0.372 e. The van der Waals surface area contributed by atoms with Crippen molar-refractivity contribution in [3.63, 3.8) is 0 Å². The minimum Gasteiger partial charge on any atom is -0.372 e. The van der Waals surface area contributed by atoms with Gasteiger partial charge >= 0.3 is 0 Å². The van der Waals surface area contributed by atoms with E-state index in [0.717, 1.165) is 12.8 Å². The number of rotatable bonds is 7. The van der Waals surface area contributed by atoms with Crippen molar-refractivity contribution in [2.24, 2.45) is 5.73 Å². The van der Waals surface area contributed by atoms with Crippen molar-refractivity contribution in [2.45, 2.75) is 58.5 Å². The minimum atomic E-state index is 0.265. The highest BCUT2D eigenvalue weighted by molar-refractivity contribution is 5.54. The quantitative estimate of drug-likeness (QED) is 0.799. The Morgan fingerprint density at radius 2 is 1.89 bits per heavy atom. The zero-order chi connectivity index (χ0) is 13.5. The number of nitrogens with zero attached hydrogens (tertiary/aromatic N) is 1. The third-order valence-corrected chi connectivity index (χ3v) is 3.75. The standard InChI is InChI=1S/C16H28N2/c1-5-9-13(3)18(4)16-11-8-7-10-14(16)12-15(17)6-2/h7-8,10-11,13,15H,5-6,9,12,17H2,1-4H3. The van der Waals surface area contributed by atoms with Crippen LogP contribution < -0.4 is 10.6 Å². The number of hydrogen-bond acceptors (Lipinski definition) is 2. The highest BCUT2D eigenvalue weighted by Gasteiger charge is 2.13. The highest BCUT2D eigenvalue weighted by Crippen LogP contribution is 2.23. The minimum absolute atomic E-state index is 0.265. The van der Waals surface area contributed by atoms with Crippen LogP contribution in [0.2, 0.25) is 0 Å². The van der Waals surface area contributed by atoms with Gasteiger partial charge < -0.3 is 10.6 Å². The molecular weight excluding hydrogens is 220 g/mol. The summed E-state index contributed by atoms with van der Waals surface area (Å²) < 4.78 is 0. The topological polar surface area (TPSA) is 29.3 Å². The van der Waals surface area contributed by atoms with Gasteiger partial charge in [-0.1, -0.05) is 38.5 Å². The van der Waals surface area contributed by atoms with Gasteiger partial charge in [0.1, 0.15) is 0 Å². The van der Waals surface area contributed by atoms with Crippen LogP contribution in [0.25, 0.3) is 0 Å². The normalized spacial score (nSPS) is 14.3. The van der Waals surface area contributed by atoms with Crippen molar-refractivity contribution >= 4 is 5.69 Å². The van der Waals surface area contributed by atoms with E-state index in [-0.39, 0.29) is 6.04 Å². The molecule has 0 radical (unpaired) electrons. The number of anilines is 1. The predicted octanol–water partition coefficient (Wildman–Crippen LogP) is 3.59. The van der Waals surface area contributed by atoms with Crippen molar-refractivity contribution in [2.75, 3.05) is 11.9 Å². The van der Waals surface area contributed by atoms with Gasteiger partial charge in [0.15, 0.2) is 0 Å². The van der Waals surface area contributed by atoms with Gasteiger partial charge in [0, 0.05) is 24.8 Å². The predicted molar refractivity (Wildman–Crippen MR) is 81.2 cm³/mol. The molecule has 0 aromatic heterocycles. The van der Waals surface area contributed by atoms with Gasteiger partial charge in [-0.3, -0.25) is 0 Å². The number of nitrogens with two attached hydrogens (primary N) is 1. The van der Waals surface area contributed by atoms with Crippen LogP contribution >= 0.6 is 0 Å². The lowest BCUT2D eigenvalue weighted by Crippen LogP contribution is -2.30. The summed E-state index contributed by atoms with van der Waals surface area (Å²) in [6.07, 6.45) is 4.45. The second-order valence-electron chi connectivity index (χ2n) is 5.25. The average molecular weight is 248 g/mol. The Kier molecular flexibility index (Phi) is 6.20. The van der Waals surface area contributed by atoms with Gasteiger partial charge in [0.2, 0.25) is 0 Å². The second kappa shape index (κ2) is 7.42. The van der Waals surface area contributed by atoms with Crippen molar-refractivity contribution in [3.8, 4) is 0 Å². The summed E-state index contributed by atoms with van der Waals surface area (Å²) in [5, 5.41) is 0. The molecule has 0 heterocycles. The summed E-state index contributed by atoms with van der Waals surface area (Å²) in [7, 11) is 2.19. The molecule has 2 heteroatoms. The smallest absolute Gasteiger partial charge is 0.0399 e. The molecule has 1 rings (SSSR count). The molecule has 2 atom stereocenters. The van der Waals surface area contributed by atoms with E-state index >= 15 is 0 Å². The monoisotopic (exact) mass is 248 g/mol. The van der Waals surface area contributed by atoms with Gasteiger partial charge in [-0.25, -0.2) is 0 Å².